The average molecular weight is 467 g/mol. The van der Waals surface area contributed by atoms with Gasteiger partial charge in [0, 0.05) is 23.4 Å². The van der Waals surface area contributed by atoms with E-state index in [9.17, 15) is 4.39 Å². The molecule has 0 radical (unpaired) electrons. The number of nitrogens with one attached hydrogen (secondary N) is 2. The van der Waals surface area contributed by atoms with Gasteiger partial charge in [-0.1, -0.05) is 6.07 Å². The zero-order valence-corrected chi connectivity index (χ0v) is 17.4. The van der Waals surface area contributed by atoms with E-state index in [1.54, 1.807) is 12.1 Å². The molecule has 136 valence electrons. The minimum atomic E-state index is -0.376. The molecule has 3 N–H and O–H groups in total. The number of guanidine groups is 1. The maximum Gasteiger partial charge on any atom is 0.191 e. The summed E-state index contributed by atoms with van der Waals surface area (Å²) in [6.45, 7) is 3.01. The molecule has 0 spiro atoms. The van der Waals surface area contributed by atoms with Crippen LogP contribution in [0.4, 0.5) is 4.39 Å². The van der Waals surface area contributed by atoms with Crippen LogP contribution in [0.15, 0.2) is 23.2 Å². The van der Waals surface area contributed by atoms with Crippen molar-refractivity contribution in [2.24, 2.45) is 4.99 Å². The second-order valence-corrected chi connectivity index (χ2v) is 6.93. The molecule has 2 unspecified atom stereocenters. The van der Waals surface area contributed by atoms with Gasteiger partial charge in [0.1, 0.15) is 5.82 Å². The number of thioether (sulfide) groups is 1. The minimum absolute atomic E-state index is 0. The van der Waals surface area contributed by atoms with Crippen LogP contribution in [0, 0.1) is 5.82 Å². The highest BCUT2D eigenvalue weighted by molar-refractivity contribution is 14.0. The number of aliphatic hydroxyl groups is 1. The minimum Gasteiger partial charge on any atom is -0.392 e. The molecule has 1 aliphatic carbocycles. The maximum absolute atomic E-state index is 13.4. The standard InChI is InChI=1S/C17H26FN3OS.HI/c1-3-19-17(21-14-5-6-15(9-14)23-2)20-10-12-4-7-16(18)13(8-12)11-22;/h4,7-8,14-15,22H,3,5-6,9-11H2,1-2H3,(H2,19,20,21);1H. The van der Waals surface area contributed by atoms with Crippen LogP contribution in [0.25, 0.3) is 0 Å². The average Bonchev–Trinajstić information content (AvgIpc) is 3.01. The lowest BCUT2D eigenvalue weighted by Crippen LogP contribution is -2.42. The molecule has 0 aromatic heterocycles. The summed E-state index contributed by atoms with van der Waals surface area (Å²) in [5, 5.41) is 16.6. The van der Waals surface area contributed by atoms with Gasteiger partial charge >= 0.3 is 0 Å². The third-order valence-electron chi connectivity index (χ3n) is 4.10. The van der Waals surface area contributed by atoms with E-state index in [0.29, 0.717) is 18.2 Å². The molecule has 1 aromatic rings. The highest BCUT2D eigenvalue weighted by Crippen LogP contribution is 2.28. The van der Waals surface area contributed by atoms with E-state index in [1.165, 1.54) is 18.9 Å². The Kier molecular flexibility index (Phi) is 9.99. The summed E-state index contributed by atoms with van der Waals surface area (Å²) in [6.07, 6.45) is 5.74. The Morgan fingerprint density at radius 1 is 1.42 bits per heavy atom. The normalized spacial score (nSPS) is 20.6. The molecular weight excluding hydrogens is 440 g/mol. The molecule has 0 amide bonds. The first-order chi connectivity index (χ1) is 11.2. The molecule has 1 aromatic carbocycles. The second-order valence-electron chi connectivity index (χ2n) is 5.79. The number of nitrogens with zero attached hydrogens (tertiary/aromatic N) is 1. The van der Waals surface area contributed by atoms with E-state index in [-0.39, 0.29) is 36.4 Å². The lowest BCUT2D eigenvalue weighted by Gasteiger charge is -2.17. The van der Waals surface area contributed by atoms with Crippen molar-refractivity contribution in [3.05, 3.63) is 35.1 Å². The highest BCUT2D eigenvalue weighted by atomic mass is 127. The van der Waals surface area contributed by atoms with Gasteiger partial charge in [0.2, 0.25) is 0 Å². The Morgan fingerprint density at radius 3 is 2.83 bits per heavy atom. The fourth-order valence-electron chi connectivity index (χ4n) is 2.82. The number of rotatable bonds is 6. The molecular formula is C17H27FIN3OS. The summed E-state index contributed by atoms with van der Waals surface area (Å²) in [7, 11) is 0. The Balaban J connectivity index is 0.00000288. The number of hydrogen-bond donors (Lipinski definition) is 3. The van der Waals surface area contributed by atoms with Gasteiger partial charge in [-0.2, -0.15) is 11.8 Å². The smallest absolute Gasteiger partial charge is 0.191 e. The first-order valence-corrected chi connectivity index (χ1v) is 9.40. The number of benzene rings is 1. The maximum atomic E-state index is 13.4. The van der Waals surface area contributed by atoms with E-state index in [2.05, 4.69) is 21.9 Å². The Hall–Kier alpha value is -0.540. The summed E-state index contributed by atoms with van der Waals surface area (Å²) in [5.74, 6) is 0.424. The Morgan fingerprint density at radius 2 is 2.21 bits per heavy atom. The molecule has 1 saturated carbocycles. The Labute approximate surface area is 165 Å². The van der Waals surface area contributed by atoms with Crippen molar-refractivity contribution in [3.63, 3.8) is 0 Å². The summed E-state index contributed by atoms with van der Waals surface area (Å²) >= 11 is 1.93. The van der Waals surface area contributed by atoms with Crippen LogP contribution in [0.1, 0.15) is 37.3 Å². The molecule has 2 atom stereocenters. The predicted octanol–water partition coefficient (Wildman–Crippen LogP) is 3.28. The highest BCUT2D eigenvalue weighted by Gasteiger charge is 2.24. The topological polar surface area (TPSA) is 56.7 Å². The zero-order chi connectivity index (χ0) is 16.7. The number of hydrogen-bond acceptors (Lipinski definition) is 3. The van der Waals surface area contributed by atoms with Crippen molar-refractivity contribution >= 4 is 41.7 Å². The molecule has 0 heterocycles. The molecule has 7 heteroatoms. The molecule has 4 nitrogen and oxygen atoms in total. The summed E-state index contributed by atoms with van der Waals surface area (Å²) in [5.41, 5.74) is 1.20. The van der Waals surface area contributed by atoms with Gasteiger partial charge in [-0.3, -0.25) is 0 Å². The van der Waals surface area contributed by atoms with Crippen LogP contribution < -0.4 is 10.6 Å². The van der Waals surface area contributed by atoms with Gasteiger partial charge in [-0.05, 0) is 50.1 Å². The van der Waals surface area contributed by atoms with Crippen LogP contribution in [0.5, 0.6) is 0 Å². The third-order valence-corrected chi connectivity index (χ3v) is 5.20. The predicted molar refractivity (Wildman–Crippen MR) is 111 cm³/mol. The van der Waals surface area contributed by atoms with E-state index in [0.717, 1.165) is 29.7 Å². The fraction of sp³-hybridized carbons (Fsp3) is 0.588. The molecule has 24 heavy (non-hydrogen) atoms. The SMILES string of the molecule is CCNC(=NCc1ccc(F)c(CO)c1)NC1CCC(SC)C1.I. The van der Waals surface area contributed by atoms with Crippen LogP contribution in [-0.2, 0) is 13.2 Å². The van der Waals surface area contributed by atoms with Gasteiger partial charge < -0.3 is 15.7 Å². The Bertz CT molecular complexity index is 545. The van der Waals surface area contributed by atoms with Gasteiger partial charge in [0.15, 0.2) is 5.96 Å². The number of aliphatic imine (C=N–C) groups is 1. The molecule has 1 fully saturated rings. The lowest BCUT2D eigenvalue weighted by atomic mass is 10.1. The van der Waals surface area contributed by atoms with Crippen molar-refractivity contribution in [1.29, 1.82) is 0 Å². The van der Waals surface area contributed by atoms with Crippen LogP contribution in [-0.4, -0.2) is 35.2 Å². The van der Waals surface area contributed by atoms with E-state index in [1.807, 2.05) is 18.7 Å². The summed E-state index contributed by atoms with van der Waals surface area (Å²) < 4.78 is 13.4. The summed E-state index contributed by atoms with van der Waals surface area (Å²) in [6, 6.07) is 5.23. The molecule has 2 rings (SSSR count). The van der Waals surface area contributed by atoms with Crippen molar-refractivity contribution in [1.82, 2.24) is 10.6 Å². The van der Waals surface area contributed by atoms with E-state index in [4.69, 9.17) is 5.11 Å². The second kappa shape index (κ2) is 11.1. The van der Waals surface area contributed by atoms with Crippen molar-refractivity contribution in [2.75, 3.05) is 12.8 Å². The van der Waals surface area contributed by atoms with E-state index < -0.39 is 0 Å². The largest absolute Gasteiger partial charge is 0.392 e. The zero-order valence-electron chi connectivity index (χ0n) is 14.2. The molecule has 0 saturated heterocycles. The molecule has 1 aliphatic rings. The lowest BCUT2D eigenvalue weighted by molar-refractivity contribution is 0.275. The van der Waals surface area contributed by atoms with Gasteiger partial charge in [-0.25, -0.2) is 9.38 Å². The third kappa shape index (κ3) is 6.40. The van der Waals surface area contributed by atoms with Gasteiger partial charge in [0.05, 0.1) is 13.2 Å². The number of aliphatic hydroxyl groups excluding tert-OH is 1. The first kappa shape index (κ1) is 21.5. The quantitative estimate of drug-likeness (QED) is 0.342. The monoisotopic (exact) mass is 467 g/mol. The van der Waals surface area contributed by atoms with Gasteiger partial charge in [-0.15, -0.1) is 24.0 Å². The van der Waals surface area contributed by atoms with Crippen molar-refractivity contribution in [2.45, 2.75) is 50.6 Å². The number of halogens is 2. The van der Waals surface area contributed by atoms with Crippen molar-refractivity contribution < 1.29 is 9.50 Å². The van der Waals surface area contributed by atoms with Crippen LogP contribution in [0.3, 0.4) is 0 Å². The van der Waals surface area contributed by atoms with Gasteiger partial charge in [0.25, 0.3) is 0 Å². The molecule has 0 aliphatic heterocycles. The van der Waals surface area contributed by atoms with E-state index >= 15 is 0 Å². The summed E-state index contributed by atoms with van der Waals surface area (Å²) in [4.78, 5) is 4.59. The van der Waals surface area contributed by atoms with Crippen molar-refractivity contribution in [3.8, 4) is 0 Å². The van der Waals surface area contributed by atoms with Crippen LogP contribution in [0.2, 0.25) is 0 Å². The van der Waals surface area contributed by atoms with Crippen LogP contribution >= 0.6 is 35.7 Å². The molecule has 0 bridgehead atoms. The fourth-order valence-corrected chi connectivity index (χ4v) is 3.61. The first-order valence-electron chi connectivity index (χ1n) is 8.12.